The lowest BCUT2D eigenvalue weighted by molar-refractivity contribution is -0.140. The van der Waals surface area contributed by atoms with E-state index in [-0.39, 0.29) is 25.1 Å². The number of β-amino-alcohol motifs (C(OH)–C–C–N with tert-alkyl or cyclic N) is 1. The number of rotatable bonds is 10. The highest BCUT2D eigenvalue weighted by Gasteiger charge is 2.23. The number of nitrogens with zero attached hydrogens (tertiary/aromatic N) is 1. The van der Waals surface area contributed by atoms with Crippen molar-refractivity contribution in [1.29, 1.82) is 0 Å². The Morgan fingerprint density at radius 2 is 1.91 bits per heavy atom. The number of piperidine rings is 1. The van der Waals surface area contributed by atoms with Crippen molar-refractivity contribution < 1.29 is 32.9 Å². The summed E-state index contributed by atoms with van der Waals surface area (Å²) in [5.41, 5.74) is 0.889. The topological polar surface area (TPSA) is 68.2 Å². The van der Waals surface area contributed by atoms with Crippen molar-refractivity contribution in [1.82, 2.24) is 4.90 Å². The highest BCUT2D eigenvalue weighted by Crippen LogP contribution is 2.22. The van der Waals surface area contributed by atoms with E-state index in [9.17, 15) is 18.7 Å². The van der Waals surface area contributed by atoms with E-state index in [2.05, 4.69) is 9.64 Å². The largest absolute Gasteiger partial charge is 0.491 e. The maximum absolute atomic E-state index is 13.3. The predicted molar refractivity (Wildman–Crippen MR) is 115 cm³/mol. The van der Waals surface area contributed by atoms with Crippen molar-refractivity contribution in [2.75, 3.05) is 33.4 Å². The van der Waals surface area contributed by atoms with E-state index in [0.717, 1.165) is 43.6 Å². The van der Waals surface area contributed by atoms with Crippen LogP contribution in [-0.4, -0.2) is 61.5 Å². The third kappa shape index (κ3) is 7.17. The van der Waals surface area contributed by atoms with Crippen molar-refractivity contribution in [2.24, 2.45) is 0 Å². The molecule has 6 nitrogen and oxygen atoms in total. The SMILES string of the molecule is COC(=O)CCc1ccccc1OCC(O)CN1CCC(Oc2ccc(F)c(F)c2)CC1. The van der Waals surface area contributed by atoms with Gasteiger partial charge in [0.15, 0.2) is 11.6 Å². The molecule has 1 saturated heterocycles. The number of benzene rings is 2. The predicted octanol–water partition coefficient (Wildman–Crippen LogP) is 3.35. The van der Waals surface area contributed by atoms with Gasteiger partial charge in [-0.15, -0.1) is 0 Å². The zero-order chi connectivity index (χ0) is 22.9. The van der Waals surface area contributed by atoms with Crippen molar-refractivity contribution in [3.63, 3.8) is 0 Å². The van der Waals surface area contributed by atoms with E-state index in [1.54, 1.807) is 0 Å². The molecule has 1 aliphatic heterocycles. The monoisotopic (exact) mass is 449 g/mol. The van der Waals surface area contributed by atoms with Crippen molar-refractivity contribution in [3.05, 3.63) is 59.7 Å². The van der Waals surface area contributed by atoms with Gasteiger partial charge in [0.05, 0.1) is 7.11 Å². The first kappa shape index (κ1) is 23.9. The molecular formula is C24H29F2NO5. The molecule has 0 aliphatic carbocycles. The van der Waals surface area contributed by atoms with Crippen LogP contribution in [0.1, 0.15) is 24.8 Å². The Morgan fingerprint density at radius 1 is 1.16 bits per heavy atom. The second-order valence-electron chi connectivity index (χ2n) is 7.84. The van der Waals surface area contributed by atoms with Crippen LogP contribution in [0.4, 0.5) is 8.78 Å². The fourth-order valence-corrected chi connectivity index (χ4v) is 3.68. The van der Waals surface area contributed by atoms with Gasteiger partial charge in [0, 0.05) is 32.1 Å². The summed E-state index contributed by atoms with van der Waals surface area (Å²) in [5, 5.41) is 10.4. The molecule has 174 valence electrons. The lowest BCUT2D eigenvalue weighted by Crippen LogP contribution is -2.43. The zero-order valence-corrected chi connectivity index (χ0v) is 18.1. The number of aliphatic hydroxyl groups is 1. The number of para-hydroxylation sites is 1. The summed E-state index contributed by atoms with van der Waals surface area (Å²) in [4.78, 5) is 13.5. The molecule has 0 amide bonds. The van der Waals surface area contributed by atoms with Crippen molar-refractivity contribution in [2.45, 2.75) is 37.9 Å². The number of halogens is 2. The van der Waals surface area contributed by atoms with Gasteiger partial charge in [-0.25, -0.2) is 8.78 Å². The van der Waals surface area contributed by atoms with Gasteiger partial charge in [-0.1, -0.05) is 18.2 Å². The summed E-state index contributed by atoms with van der Waals surface area (Å²) in [6, 6.07) is 11.0. The fraction of sp³-hybridized carbons (Fsp3) is 0.458. The minimum atomic E-state index is -0.921. The Bertz CT molecular complexity index is 886. The summed E-state index contributed by atoms with van der Waals surface area (Å²) in [6.45, 7) is 2.05. The summed E-state index contributed by atoms with van der Waals surface area (Å²) < 4.78 is 42.6. The van der Waals surface area contributed by atoms with E-state index < -0.39 is 17.7 Å². The Labute approximate surface area is 186 Å². The molecule has 3 rings (SSSR count). The van der Waals surface area contributed by atoms with E-state index in [0.29, 0.717) is 24.5 Å². The van der Waals surface area contributed by atoms with E-state index >= 15 is 0 Å². The molecule has 32 heavy (non-hydrogen) atoms. The van der Waals surface area contributed by atoms with Gasteiger partial charge in [-0.3, -0.25) is 4.79 Å². The number of ether oxygens (including phenoxy) is 3. The summed E-state index contributed by atoms with van der Waals surface area (Å²) in [6.07, 6.45) is 1.47. The Kier molecular flexibility index (Phi) is 8.81. The molecule has 0 radical (unpaired) electrons. The molecule has 0 aromatic heterocycles. The average Bonchev–Trinajstić information content (AvgIpc) is 2.80. The number of aliphatic hydroxyl groups excluding tert-OH is 1. The molecule has 1 heterocycles. The number of hydrogen-bond acceptors (Lipinski definition) is 6. The van der Waals surface area contributed by atoms with Gasteiger partial charge >= 0.3 is 5.97 Å². The van der Waals surface area contributed by atoms with Crippen LogP contribution in [-0.2, 0) is 16.0 Å². The van der Waals surface area contributed by atoms with Crippen LogP contribution in [0, 0.1) is 11.6 Å². The number of likely N-dealkylation sites (tertiary alicyclic amines) is 1. The van der Waals surface area contributed by atoms with Gasteiger partial charge in [-0.2, -0.15) is 0 Å². The molecule has 0 bridgehead atoms. The molecular weight excluding hydrogens is 420 g/mol. The lowest BCUT2D eigenvalue weighted by Gasteiger charge is -2.33. The third-order valence-corrected chi connectivity index (χ3v) is 5.43. The van der Waals surface area contributed by atoms with Gasteiger partial charge in [0.1, 0.15) is 30.3 Å². The van der Waals surface area contributed by atoms with Gasteiger partial charge < -0.3 is 24.2 Å². The molecule has 1 aliphatic rings. The van der Waals surface area contributed by atoms with Crippen LogP contribution in [0.25, 0.3) is 0 Å². The Morgan fingerprint density at radius 3 is 2.62 bits per heavy atom. The fourth-order valence-electron chi connectivity index (χ4n) is 3.68. The normalized spacial score (nSPS) is 15.9. The second-order valence-corrected chi connectivity index (χ2v) is 7.84. The zero-order valence-electron chi connectivity index (χ0n) is 18.1. The smallest absolute Gasteiger partial charge is 0.305 e. The van der Waals surface area contributed by atoms with Gasteiger partial charge in [0.25, 0.3) is 0 Å². The first-order valence-electron chi connectivity index (χ1n) is 10.7. The highest BCUT2D eigenvalue weighted by atomic mass is 19.2. The molecule has 2 aromatic rings. The highest BCUT2D eigenvalue weighted by molar-refractivity contribution is 5.69. The third-order valence-electron chi connectivity index (χ3n) is 5.43. The van der Waals surface area contributed by atoms with Crippen molar-refractivity contribution in [3.8, 4) is 11.5 Å². The van der Waals surface area contributed by atoms with E-state index in [1.165, 1.54) is 13.2 Å². The molecule has 8 heteroatoms. The molecule has 2 aromatic carbocycles. The van der Waals surface area contributed by atoms with Crippen LogP contribution in [0.3, 0.4) is 0 Å². The molecule has 1 atom stereocenters. The Hall–Kier alpha value is -2.71. The quantitative estimate of drug-likeness (QED) is 0.561. The molecule has 1 N–H and O–H groups in total. The van der Waals surface area contributed by atoms with Crippen LogP contribution in [0.5, 0.6) is 11.5 Å². The number of hydrogen-bond donors (Lipinski definition) is 1. The second kappa shape index (κ2) is 11.8. The lowest BCUT2D eigenvalue weighted by atomic mass is 10.1. The number of esters is 1. The van der Waals surface area contributed by atoms with Crippen LogP contribution in [0.2, 0.25) is 0 Å². The van der Waals surface area contributed by atoms with Gasteiger partial charge in [0.2, 0.25) is 0 Å². The summed E-state index contributed by atoms with van der Waals surface area (Å²) in [5.74, 6) is -1.13. The summed E-state index contributed by atoms with van der Waals surface area (Å²) in [7, 11) is 1.36. The maximum Gasteiger partial charge on any atom is 0.305 e. The molecule has 1 fully saturated rings. The first-order chi connectivity index (χ1) is 15.4. The average molecular weight is 449 g/mol. The number of aryl methyl sites for hydroxylation is 1. The standard InChI is InChI=1S/C24H29F2NO5/c1-30-24(29)9-6-17-4-2-3-5-23(17)31-16-18(28)15-27-12-10-19(11-13-27)32-20-7-8-21(25)22(26)14-20/h2-5,7-8,14,18-19,28H,6,9-13,15-16H2,1H3. The first-order valence-corrected chi connectivity index (χ1v) is 10.7. The van der Waals surface area contributed by atoms with Crippen LogP contribution >= 0.6 is 0 Å². The Balaban J connectivity index is 1.40. The number of carbonyl (C=O) groups is 1. The molecule has 0 saturated carbocycles. The van der Waals surface area contributed by atoms with E-state index in [4.69, 9.17) is 9.47 Å². The van der Waals surface area contributed by atoms with Crippen LogP contribution < -0.4 is 9.47 Å². The minimum absolute atomic E-state index is 0.0776. The van der Waals surface area contributed by atoms with Crippen LogP contribution in [0.15, 0.2) is 42.5 Å². The molecule has 1 unspecified atom stereocenters. The maximum atomic E-state index is 13.3. The molecule has 0 spiro atoms. The minimum Gasteiger partial charge on any atom is -0.491 e. The van der Waals surface area contributed by atoms with E-state index in [1.807, 2.05) is 24.3 Å². The van der Waals surface area contributed by atoms with Gasteiger partial charge in [-0.05, 0) is 43.0 Å². The summed E-state index contributed by atoms with van der Waals surface area (Å²) >= 11 is 0. The van der Waals surface area contributed by atoms with Crippen molar-refractivity contribution >= 4 is 5.97 Å². The number of carbonyl (C=O) groups excluding carboxylic acids is 1. The number of methoxy groups -OCH3 is 1.